The van der Waals surface area contributed by atoms with Crippen LogP contribution in [0.1, 0.15) is 31.9 Å². The number of carboxylic acid groups (broad SMARTS) is 1. The zero-order valence-corrected chi connectivity index (χ0v) is 17.6. The van der Waals surface area contributed by atoms with E-state index in [2.05, 4.69) is 39.2 Å². The molecule has 2 aromatic carbocycles. The van der Waals surface area contributed by atoms with Gasteiger partial charge < -0.3 is 14.8 Å². The molecular formula is C21H28FNO3Si. The molecule has 0 radical (unpaired) electrons. The molecule has 6 heteroatoms. The quantitative estimate of drug-likeness (QED) is 0.616. The fourth-order valence-electron chi connectivity index (χ4n) is 2.42. The molecule has 0 aliphatic rings. The third-order valence-corrected chi connectivity index (χ3v) is 9.63. The summed E-state index contributed by atoms with van der Waals surface area (Å²) in [5.74, 6) is -0.409. The fourth-order valence-corrected chi connectivity index (χ4v) is 3.38. The van der Waals surface area contributed by atoms with Crippen LogP contribution in [0.2, 0.25) is 18.1 Å². The first-order chi connectivity index (χ1) is 12.5. The SMILES string of the molecule is CC(C)(C)[Si](C)(C)OCc1cccc(-c2cccc(CNC(=O)O)c2F)c1. The fraction of sp³-hybridized carbons (Fsp3) is 0.381. The van der Waals surface area contributed by atoms with Crippen LogP contribution in [0.3, 0.4) is 0 Å². The Morgan fingerprint density at radius 1 is 1.19 bits per heavy atom. The van der Waals surface area contributed by atoms with E-state index < -0.39 is 20.2 Å². The van der Waals surface area contributed by atoms with Gasteiger partial charge in [-0.3, -0.25) is 0 Å². The molecule has 0 aliphatic carbocycles. The van der Waals surface area contributed by atoms with Gasteiger partial charge in [0.05, 0.1) is 6.61 Å². The first-order valence-electron chi connectivity index (χ1n) is 8.99. The first kappa shape index (κ1) is 21.1. The van der Waals surface area contributed by atoms with Gasteiger partial charge in [0.25, 0.3) is 0 Å². The van der Waals surface area contributed by atoms with Gasteiger partial charge in [0, 0.05) is 17.7 Å². The number of rotatable bonds is 6. The molecule has 27 heavy (non-hydrogen) atoms. The second-order valence-electron chi connectivity index (χ2n) is 8.19. The van der Waals surface area contributed by atoms with Gasteiger partial charge in [-0.1, -0.05) is 57.2 Å². The van der Waals surface area contributed by atoms with Crippen molar-refractivity contribution in [3.8, 4) is 11.1 Å². The number of carbonyl (C=O) groups is 1. The second-order valence-corrected chi connectivity index (χ2v) is 13.0. The Kier molecular flexibility index (Phi) is 6.44. The van der Waals surface area contributed by atoms with Gasteiger partial charge in [-0.05, 0) is 35.3 Å². The molecule has 0 saturated heterocycles. The van der Waals surface area contributed by atoms with Crippen LogP contribution in [0.4, 0.5) is 9.18 Å². The highest BCUT2D eigenvalue weighted by Crippen LogP contribution is 2.37. The van der Waals surface area contributed by atoms with Gasteiger partial charge >= 0.3 is 6.09 Å². The molecule has 0 saturated carbocycles. The molecule has 0 atom stereocenters. The summed E-state index contributed by atoms with van der Waals surface area (Å²) in [6, 6.07) is 12.7. The van der Waals surface area contributed by atoms with Crippen LogP contribution in [0.25, 0.3) is 11.1 Å². The van der Waals surface area contributed by atoms with Gasteiger partial charge in [-0.15, -0.1) is 0 Å². The van der Waals surface area contributed by atoms with Crippen LogP contribution in [0.15, 0.2) is 42.5 Å². The lowest BCUT2D eigenvalue weighted by atomic mass is 10.0. The number of hydrogen-bond acceptors (Lipinski definition) is 2. The number of amides is 1. The minimum absolute atomic E-state index is 0.0663. The smallest absolute Gasteiger partial charge is 0.404 e. The summed E-state index contributed by atoms with van der Waals surface area (Å²) in [7, 11) is -1.86. The second kappa shape index (κ2) is 8.23. The zero-order chi connectivity index (χ0) is 20.2. The Morgan fingerprint density at radius 2 is 1.85 bits per heavy atom. The largest absolute Gasteiger partial charge is 0.465 e. The lowest BCUT2D eigenvalue weighted by Gasteiger charge is -2.36. The maximum atomic E-state index is 14.8. The van der Waals surface area contributed by atoms with Gasteiger partial charge in [0.1, 0.15) is 5.82 Å². The van der Waals surface area contributed by atoms with E-state index in [1.54, 1.807) is 18.2 Å². The van der Waals surface area contributed by atoms with Crippen molar-refractivity contribution in [2.45, 2.75) is 52.1 Å². The molecule has 0 heterocycles. The number of hydrogen-bond donors (Lipinski definition) is 2. The topological polar surface area (TPSA) is 58.6 Å². The van der Waals surface area contributed by atoms with E-state index in [0.29, 0.717) is 17.7 Å². The Bertz CT molecular complexity index is 815. The Hall–Kier alpha value is -2.18. The minimum Gasteiger partial charge on any atom is -0.465 e. The molecule has 146 valence electrons. The van der Waals surface area contributed by atoms with E-state index in [0.717, 1.165) is 11.1 Å². The highest BCUT2D eigenvalue weighted by molar-refractivity contribution is 6.74. The van der Waals surface area contributed by atoms with E-state index in [9.17, 15) is 9.18 Å². The van der Waals surface area contributed by atoms with Crippen molar-refractivity contribution in [2.24, 2.45) is 0 Å². The van der Waals surface area contributed by atoms with Crippen LogP contribution in [-0.2, 0) is 17.6 Å². The van der Waals surface area contributed by atoms with E-state index in [-0.39, 0.29) is 11.6 Å². The summed E-state index contributed by atoms with van der Waals surface area (Å²) >= 11 is 0. The molecule has 1 amide bonds. The molecule has 2 aromatic rings. The van der Waals surface area contributed by atoms with E-state index >= 15 is 0 Å². The summed E-state index contributed by atoms with van der Waals surface area (Å²) in [5, 5.41) is 11.1. The lowest BCUT2D eigenvalue weighted by molar-refractivity contribution is 0.194. The lowest BCUT2D eigenvalue weighted by Crippen LogP contribution is -2.40. The average molecular weight is 390 g/mol. The number of nitrogens with one attached hydrogen (secondary N) is 1. The highest BCUT2D eigenvalue weighted by Gasteiger charge is 2.37. The normalized spacial score (nSPS) is 12.1. The van der Waals surface area contributed by atoms with Crippen molar-refractivity contribution < 1.29 is 18.7 Å². The van der Waals surface area contributed by atoms with E-state index in [1.165, 1.54) is 0 Å². The molecule has 0 bridgehead atoms. The van der Waals surface area contributed by atoms with Crippen molar-refractivity contribution in [3.05, 3.63) is 59.4 Å². The maximum Gasteiger partial charge on any atom is 0.404 e. The molecule has 2 rings (SSSR count). The monoisotopic (exact) mass is 389 g/mol. The van der Waals surface area contributed by atoms with Crippen molar-refractivity contribution >= 4 is 14.4 Å². The first-order valence-corrected chi connectivity index (χ1v) is 11.9. The zero-order valence-electron chi connectivity index (χ0n) is 16.6. The summed E-state index contributed by atoms with van der Waals surface area (Å²) in [6.45, 7) is 11.4. The Balaban J connectivity index is 2.23. The van der Waals surface area contributed by atoms with E-state index in [1.807, 2.05) is 24.3 Å². The van der Waals surface area contributed by atoms with Gasteiger partial charge in [0.2, 0.25) is 0 Å². The molecule has 0 fully saturated rings. The van der Waals surface area contributed by atoms with Crippen LogP contribution in [-0.4, -0.2) is 19.5 Å². The maximum absolute atomic E-state index is 14.8. The Labute approximate surface area is 161 Å². The van der Waals surface area contributed by atoms with Crippen molar-refractivity contribution in [3.63, 3.8) is 0 Å². The van der Waals surface area contributed by atoms with Crippen LogP contribution < -0.4 is 5.32 Å². The number of benzene rings is 2. The molecule has 2 N–H and O–H groups in total. The summed E-state index contributed by atoms with van der Waals surface area (Å²) in [5.41, 5.74) is 2.51. The molecule has 0 unspecified atom stereocenters. The van der Waals surface area contributed by atoms with Crippen LogP contribution >= 0.6 is 0 Å². The summed E-state index contributed by atoms with van der Waals surface area (Å²) in [6.07, 6.45) is -1.18. The van der Waals surface area contributed by atoms with Crippen molar-refractivity contribution in [1.82, 2.24) is 5.32 Å². The summed E-state index contributed by atoms with van der Waals surface area (Å²) < 4.78 is 21.1. The molecule has 0 aromatic heterocycles. The average Bonchev–Trinajstić information content (AvgIpc) is 2.58. The Morgan fingerprint density at radius 3 is 2.48 bits per heavy atom. The van der Waals surface area contributed by atoms with Crippen LogP contribution in [0, 0.1) is 5.82 Å². The summed E-state index contributed by atoms with van der Waals surface area (Å²) in [4.78, 5) is 10.7. The van der Waals surface area contributed by atoms with Gasteiger partial charge in [0.15, 0.2) is 8.32 Å². The molecule has 0 spiro atoms. The predicted octanol–water partition coefficient (Wildman–Crippen LogP) is 5.78. The molecular weight excluding hydrogens is 361 g/mol. The third kappa shape index (κ3) is 5.40. The standard InChI is InChI=1S/C21H28FNO3Si/c1-21(2,3)27(4,5)26-14-15-8-6-9-16(12-15)18-11-7-10-17(19(18)22)13-23-20(24)25/h6-12,23H,13-14H2,1-5H3,(H,24,25). The third-order valence-electron chi connectivity index (χ3n) is 5.15. The van der Waals surface area contributed by atoms with Crippen molar-refractivity contribution in [2.75, 3.05) is 0 Å². The number of halogens is 1. The van der Waals surface area contributed by atoms with Crippen molar-refractivity contribution in [1.29, 1.82) is 0 Å². The minimum atomic E-state index is -1.86. The van der Waals surface area contributed by atoms with Gasteiger partial charge in [-0.2, -0.15) is 0 Å². The highest BCUT2D eigenvalue weighted by atomic mass is 28.4. The molecule has 0 aliphatic heterocycles. The van der Waals surface area contributed by atoms with Crippen LogP contribution in [0.5, 0.6) is 0 Å². The van der Waals surface area contributed by atoms with Gasteiger partial charge in [-0.25, -0.2) is 9.18 Å². The predicted molar refractivity (Wildman–Crippen MR) is 109 cm³/mol. The van der Waals surface area contributed by atoms with E-state index in [4.69, 9.17) is 9.53 Å². The molecule has 4 nitrogen and oxygen atoms in total.